The minimum Gasteiger partial charge on any atom is -0.394 e. The van der Waals surface area contributed by atoms with Crippen molar-refractivity contribution in [2.24, 2.45) is 5.84 Å². The van der Waals surface area contributed by atoms with Crippen molar-refractivity contribution in [2.75, 3.05) is 30.6 Å². The van der Waals surface area contributed by atoms with E-state index in [1.165, 1.54) is 10.9 Å². The molecule has 0 aliphatic carbocycles. The van der Waals surface area contributed by atoms with Gasteiger partial charge in [-0.2, -0.15) is 9.97 Å². The van der Waals surface area contributed by atoms with Crippen LogP contribution in [0, 0.1) is 0 Å². The fourth-order valence-corrected chi connectivity index (χ4v) is 3.22. The molecular formula is C14H21N7O5. The molecule has 0 saturated carbocycles. The monoisotopic (exact) mass is 367 g/mol. The average Bonchev–Trinajstić information content (AvgIpc) is 3.36. The van der Waals surface area contributed by atoms with Gasteiger partial charge >= 0.3 is 0 Å². The molecule has 12 nitrogen and oxygen atoms in total. The molecule has 4 rings (SSSR count). The Bertz CT molecular complexity index is 780. The first-order valence-electron chi connectivity index (χ1n) is 8.30. The predicted molar refractivity (Wildman–Crippen MR) is 89.0 cm³/mol. The van der Waals surface area contributed by atoms with E-state index in [-0.39, 0.29) is 12.0 Å². The van der Waals surface area contributed by atoms with Crippen LogP contribution >= 0.6 is 0 Å². The van der Waals surface area contributed by atoms with E-state index >= 15 is 0 Å². The number of aliphatic hydroxyl groups excluding tert-OH is 3. The van der Waals surface area contributed by atoms with Crippen LogP contribution in [0.5, 0.6) is 0 Å². The van der Waals surface area contributed by atoms with E-state index in [2.05, 4.69) is 25.7 Å². The second-order valence-corrected chi connectivity index (χ2v) is 6.30. The topological polar surface area (TPSA) is 173 Å². The summed E-state index contributed by atoms with van der Waals surface area (Å²) in [7, 11) is 0. The van der Waals surface area contributed by atoms with Crippen molar-refractivity contribution in [3.63, 3.8) is 0 Å². The number of aromatic nitrogens is 4. The van der Waals surface area contributed by atoms with Gasteiger partial charge in [0.25, 0.3) is 0 Å². The lowest BCUT2D eigenvalue weighted by molar-refractivity contribution is -0.0511. The van der Waals surface area contributed by atoms with Gasteiger partial charge in [0.15, 0.2) is 23.2 Å². The SMILES string of the molecule is NNc1nc(N[C@@H]2CCOC2)c2ncn([C@@H]3O[C@H](CO)[C@@H](O)[C@H]3O)c2n1. The van der Waals surface area contributed by atoms with Gasteiger partial charge in [-0.05, 0) is 6.42 Å². The van der Waals surface area contributed by atoms with Crippen LogP contribution in [0.1, 0.15) is 12.6 Å². The first-order chi connectivity index (χ1) is 12.6. The van der Waals surface area contributed by atoms with E-state index < -0.39 is 31.1 Å². The zero-order valence-electron chi connectivity index (χ0n) is 13.8. The maximum atomic E-state index is 10.3. The molecule has 5 atom stereocenters. The maximum Gasteiger partial charge on any atom is 0.241 e. The Morgan fingerprint density at radius 3 is 2.81 bits per heavy atom. The third-order valence-corrected chi connectivity index (χ3v) is 4.61. The number of aliphatic hydroxyl groups is 3. The molecular weight excluding hydrogens is 346 g/mol. The largest absolute Gasteiger partial charge is 0.394 e. The number of nitrogen functional groups attached to an aromatic ring is 1. The molecule has 0 aromatic carbocycles. The number of nitrogens with two attached hydrogens (primary N) is 1. The van der Waals surface area contributed by atoms with Crippen LogP contribution in [0.4, 0.5) is 11.8 Å². The van der Waals surface area contributed by atoms with Crippen molar-refractivity contribution < 1.29 is 24.8 Å². The number of nitrogens with zero attached hydrogens (tertiary/aromatic N) is 4. The Balaban J connectivity index is 1.72. The van der Waals surface area contributed by atoms with Gasteiger partial charge in [0.05, 0.1) is 25.6 Å². The van der Waals surface area contributed by atoms with Crippen LogP contribution in [0.15, 0.2) is 6.33 Å². The van der Waals surface area contributed by atoms with Crippen molar-refractivity contribution in [1.82, 2.24) is 19.5 Å². The highest BCUT2D eigenvalue weighted by atomic mass is 16.6. The second-order valence-electron chi connectivity index (χ2n) is 6.30. The highest BCUT2D eigenvalue weighted by Gasteiger charge is 2.44. The number of hydrogen-bond donors (Lipinski definition) is 6. The van der Waals surface area contributed by atoms with Gasteiger partial charge in [0.2, 0.25) is 5.95 Å². The van der Waals surface area contributed by atoms with Gasteiger partial charge in [0, 0.05) is 6.61 Å². The lowest BCUT2D eigenvalue weighted by atomic mass is 10.1. The fraction of sp³-hybridized carbons (Fsp3) is 0.643. The smallest absolute Gasteiger partial charge is 0.241 e. The molecule has 26 heavy (non-hydrogen) atoms. The summed E-state index contributed by atoms with van der Waals surface area (Å²) in [5, 5.41) is 32.8. The minimum atomic E-state index is -1.24. The Hall–Kier alpha value is -2.09. The summed E-state index contributed by atoms with van der Waals surface area (Å²) in [5.74, 6) is 6.11. The summed E-state index contributed by atoms with van der Waals surface area (Å²) in [6.45, 7) is 0.817. The number of ether oxygens (including phenoxy) is 2. The lowest BCUT2D eigenvalue weighted by Crippen LogP contribution is -2.33. The third kappa shape index (κ3) is 2.86. The van der Waals surface area contributed by atoms with Crippen molar-refractivity contribution in [3.05, 3.63) is 6.33 Å². The molecule has 0 radical (unpaired) electrons. The number of nitrogens with one attached hydrogen (secondary N) is 2. The standard InChI is InChI=1S/C14H21N7O5/c15-20-14-18-11(17-6-1-2-25-4-6)8-12(19-14)21(5-16-8)13-10(24)9(23)7(3-22)26-13/h5-7,9-10,13,22-24H,1-4,15H2,(H2,17,18,19,20)/t6-,7-,9-,10-,13-/m1/s1. The summed E-state index contributed by atoms with van der Waals surface area (Å²) in [6, 6.07) is 0.0952. The molecule has 2 aromatic rings. The van der Waals surface area contributed by atoms with Gasteiger partial charge in [-0.25, -0.2) is 10.8 Å². The summed E-state index contributed by atoms with van der Waals surface area (Å²) >= 11 is 0. The van der Waals surface area contributed by atoms with Crippen LogP contribution in [-0.2, 0) is 9.47 Å². The average molecular weight is 367 g/mol. The number of rotatable bonds is 5. The summed E-state index contributed by atoms with van der Waals surface area (Å²) in [4.78, 5) is 12.9. The Morgan fingerprint density at radius 2 is 2.15 bits per heavy atom. The van der Waals surface area contributed by atoms with Crippen LogP contribution in [0.25, 0.3) is 11.2 Å². The minimum absolute atomic E-state index is 0.0952. The van der Waals surface area contributed by atoms with E-state index in [1.54, 1.807) is 0 Å². The number of hydrazine groups is 1. The lowest BCUT2D eigenvalue weighted by Gasteiger charge is -2.17. The molecule has 2 saturated heterocycles. The predicted octanol–water partition coefficient (Wildman–Crippen LogP) is -2.08. The van der Waals surface area contributed by atoms with E-state index in [9.17, 15) is 15.3 Å². The van der Waals surface area contributed by atoms with E-state index in [0.717, 1.165) is 6.42 Å². The fourth-order valence-electron chi connectivity index (χ4n) is 3.22. The Labute approximate surface area is 147 Å². The molecule has 7 N–H and O–H groups in total. The van der Waals surface area contributed by atoms with Crippen LogP contribution in [0.3, 0.4) is 0 Å². The Kier molecular flexibility index (Phi) is 4.60. The highest BCUT2D eigenvalue weighted by molar-refractivity contribution is 5.84. The molecule has 4 heterocycles. The van der Waals surface area contributed by atoms with Crippen molar-refractivity contribution in [2.45, 2.75) is 37.0 Å². The van der Waals surface area contributed by atoms with Crippen LogP contribution in [0.2, 0.25) is 0 Å². The first kappa shape index (κ1) is 17.3. The molecule has 0 bridgehead atoms. The molecule has 142 valence electrons. The quantitative estimate of drug-likeness (QED) is 0.253. The van der Waals surface area contributed by atoms with Gasteiger partial charge < -0.3 is 30.1 Å². The second kappa shape index (κ2) is 6.90. The third-order valence-electron chi connectivity index (χ3n) is 4.61. The van der Waals surface area contributed by atoms with Crippen molar-refractivity contribution in [3.8, 4) is 0 Å². The van der Waals surface area contributed by atoms with Crippen molar-refractivity contribution >= 4 is 22.9 Å². The van der Waals surface area contributed by atoms with E-state index in [0.29, 0.717) is 30.2 Å². The molecule has 12 heteroatoms. The van der Waals surface area contributed by atoms with Crippen molar-refractivity contribution in [1.29, 1.82) is 0 Å². The zero-order valence-corrected chi connectivity index (χ0v) is 13.8. The molecule has 2 aliphatic rings. The zero-order chi connectivity index (χ0) is 18.3. The summed E-state index contributed by atoms with van der Waals surface area (Å²) < 4.78 is 12.4. The van der Waals surface area contributed by atoms with E-state index in [1.807, 2.05) is 0 Å². The number of hydrogen-bond acceptors (Lipinski definition) is 11. The molecule has 2 aromatic heterocycles. The van der Waals surface area contributed by atoms with Crippen LogP contribution < -0.4 is 16.6 Å². The highest BCUT2D eigenvalue weighted by Crippen LogP contribution is 2.33. The molecule has 2 fully saturated rings. The summed E-state index contributed by atoms with van der Waals surface area (Å²) in [5.41, 5.74) is 3.24. The Morgan fingerprint density at radius 1 is 1.31 bits per heavy atom. The molecule has 2 aliphatic heterocycles. The van der Waals surface area contributed by atoms with Crippen LogP contribution in [-0.4, -0.2) is 79.0 Å². The maximum absolute atomic E-state index is 10.3. The van der Waals surface area contributed by atoms with Gasteiger partial charge in [0.1, 0.15) is 18.3 Å². The number of anilines is 2. The number of fused-ring (bicyclic) bond motifs is 1. The molecule has 0 unspecified atom stereocenters. The van der Waals surface area contributed by atoms with E-state index in [4.69, 9.17) is 15.3 Å². The molecule has 0 spiro atoms. The molecule has 0 amide bonds. The van der Waals surface area contributed by atoms with Gasteiger partial charge in [-0.15, -0.1) is 0 Å². The number of imidazole rings is 1. The normalized spacial score (nSPS) is 31.6. The van der Waals surface area contributed by atoms with Gasteiger partial charge in [-0.1, -0.05) is 0 Å². The first-order valence-corrected chi connectivity index (χ1v) is 8.30. The van der Waals surface area contributed by atoms with Gasteiger partial charge in [-0.3, -0.25) is 9.99 Å². The summed E-state index contributed by atoms with van der Waals surface area (Å²) in [6.07, 6.45) is -2.02.